The van der Waals surface area contributed by atoms with Gasteiger partial charge in [0.05, 0.1) is 9.85 Å². The van der Waals surface area contributed by atoms with Gasteiger partial charge in [0.1, 0.15) is 5.82 Å². The summed E-state index contributed by atoms with van der Waals surface area (Å²) in [5.41, 5.74) is 1.03. The highest BCUT2D eigenvalue weighted by Gasteiger charge is 2.40. The number of hydrogen-bond acceptors (Lipinski definition) is 0. The third-order valence-electron chi connectivity index (χ3n) is 4.70. The van der Waals surface area contributed by atoms with Crippen molar-refractivity contribution in [3.63, 3.8) is 0 Å². The predicted molar refractivity (Wildman–Crippen MR) is 76.2 cm³/mol. The maximum atomic E-state index is 13.2. The van der Waals surface area contributed by atoms with Crippen molar-refractivity contribution in [3.05, 3.63) is 34.1 Å². The first-order valence-corrected chi connectivity index (χ1v) is 7.95. The van der Waals surface area contributed by atoms with Crippen molar-refractivity contribution in [2.45, 2.75) is 37.5 Å². The van der Waals surface area contributed by atoms with Gasteiger partial charge in [0, 0.05) is 0 Å². The Labute approximate surface area is 121 Å². The molecule has 2 bridgehead atoms. The molecule has 0 saturated heterocycles. The van der Waals surface area contributed by atoms with Crippen molar-refractivity contribution in [2.24, 2.45) is 17.8 Å². The predicted octanol–water partition coefficient (Wildman–Crippen LogP) is 5.69. The number of rotatable bonds is 3. The van der Waals surface area contributed by atoms with Crippen LogP contribution in [0.2, 0.25) is 0 Å². The van der Waals surface area contributed by atoms with E-state index in [2.05, 4.69) is 15.9 Å². The Bertz CT molecular complexity index is 448. The lowest BCUT2D eigenvalue weighted by atomic mass is 9.84. The fourth-order valence-corrected chi connectivity index (χ4v) is 4.54. The fraction of sp³-hybridized carbons (Fsp3) is 0.600. The van der Waals surface area contributed by atoms with E-state index in [4.69, 9.17) is 11.6 Å². The molecule has 98 valence electrons. The van der Waals surface area contributed by atoms with Gasteiger partial charge in [-0.3, -0.25) is 0 Å². The van der Waals surface area contributed by atoms with E-state index >= 15 is 0 Å². The van der Waals surface area contributed by atoms with Crippen molar-refractivity contribution < 1.29 is 4.39 Å². The average molecular weight is 332 g/mol. The molecule has 1 aromatic carbocycles. The maximum absolute atomic E-state index is 13.2. The molecule has 4 unspecified atom stereocenters. The van der Waals surface area contributed by atoms with Gasteiger partial charge in [-0.15, -0.1) is 11.6 Å². The monoisotopic (exact) mass is 330 g/mol. The third kappa shape index (κ3) is 2.46. The molecular formula is C15H17BrClF. The molecule has 2 saturated carbocycles. The van der Waals surface area contributed by atoms with Gasteiger partial charge in [-0.2, -0.15) is 0 Å². The van der Waals surface area contributed by atoms with Gasteiger partial charge in [0.2, 0.25) is 0 Å². The summed E-state index contributed by atoms with van der Waals surface area (Å²) in [6, 6.07) is 5.13. The molecule has 1 aromatic rings. The molecule has 0 nitrogen and oxygen atoms in total. The quantitative estimate of drug-likeness (QED) is 0.624. The second-order valence-electron chi connectivity index (χ2n) is 5.81. The minimum atomic E-state index is -0.220. The standard InChI is InChI=1S/C15H17BrClF/c16-13-7-11(3-4-15(13)18)14(17)8-12-6-9-1-2-10(12)5-9/h3-4,7,9-10,12,14H,1-2,5-6,8H2. The van der Waals surface area contributed by atoms with E-state index < -0.39 is 0 Å². The van der Waals surface area contributed by atoms with Gasteiger partial charge in [0.25, 0.3) is 0 Å². The maximum Gasteiger partial charge on any atom is 0.137 e. The van der Waals surface area contributed by atoms with Crippen LogP contribution in [0.1, 0.15) is 43.0 Å². The molecule has 3 rings (SSSR count). The summed E-state index contributed by atoms with van der Waals surface area (Å²) in [5.74, 6) is 2.43. The van der Waals surface area contributed by atoms with Crippen LogP contribution < -0.4 is 0 Å². The highest BCUT2D eigenvalue weighted by molar-refractivity contribution is 9.10. The summed E-state index contributed by atoms with van der Waals surface area (Å²) in [7, 11) is 0. The molecule has 3 heteroatoms. The van der Waals surface area contributed by atoms with E-state index in [1.165, 1.54) is 31.7 Å². The van der Waals surface area contributed by atoms with Crippen LogP contribution in [-0.2, 0) is 0 Å². The van der Waals surface area contributed by atoms with Crippen LogP contribution in [0.5, 0.6) is 0 Å². The summed E-state index contributed by atoms with van der Waals surface area (Å²) in [6.45, 7) is 0. The first-order valence-electron chi connectivity index (χ1n) is 6.72. The lowest BCUT2D eigenvalue weighted by Crippen LogP contribution is -2.12. The van der Waals surface area contributed by atoms with Crippen LogP contribution in [0.4, 0.5) is 4.39 Å². The van der Waals surface area contributed by atoms with Crippen molar-refractivity contribution in [1.82, 2.24) is 0 Å². The van der Waals surface area contributed by atoms with Crippen LogP contribution in [0, 0.1) is 23.6 Å². The minimum Gasteiger partial charge on any atom is -0.206 e. The summed E-state index contributed by atoms with van der Waals surface area (Å²) in [5, 5.41) is 0.0197. The van der Waals surface area contributed by atoms with Gasteiger partial charge in [0.15, 0.2) is 0 Å². The molecule has 0 amide bonds. The molecule has 0 heterocycles. The van der Waals surface area contributed by atoms with E-state index in [1.54, 1.807) is 0 Å². The van der Waals surface area contributed by atoms with E-state index in [9.17, 15) is 4.39 Å². The van der Waals surface area contributed by atoms with Gasteiger partial charge < -0.3 is 0 Å². The molecule has 0 aromatic heterocycles. The molecule has 4 atom stereocenters. The van der Waals surface area contributed by atoms with E-state index in [0.29, 0.717) is 4.47 Å². The van der Waals surface area contributed by atoms with Crippen molar-refractivity contribution in [2.75, 3.05) is 0 Å². The van der Waals surface area contributed by atoms with Crippen LogP contribution in [0.15, 0.2) is 22.7 Å². The van der Waals surface area contributed by atoms with Crippen LogP contribution in [-0.4, -0.2) is 0 Å². The van der Waals surface area contributed by atoms with Crippen molar-refractivity contribution in [3.8, 4) is 0 Å². The number of alkyl halides is 1. The number of hydrogen-bond donors (Lipinski definition) is 0. The zero-order chi connectivity index (χ0) is 12.7. The van der Waals surface area contributed by atoms with E-state index in [0.717, 1.165) is 29.7 Å². The summed E-state index contributed by atoms with van der Waals surface area (Å²) < 4.78 is 13.7. The summed E-state index contributed by atoms with van der Waals surface area (Å²) >= 11 is 9.73. The van der Waals surface area contributed by atoms with Crippen LogP contribution >= 0.6 is 27.5 Å². The normalized spacial score (nSPS) is 31.8. The lowest BCUT2D eigenvalue weighted by molar-refractivity contribution is 0.312. The molecule has 0 spiro atoms. The third-order valence-corrected chi connectivity index (χ3v) is 5.74. The first kappa shape index (κ1) is 12.9. The number of halogens is 3. The Morgan fingerprint density at radius 3 is 2.78 bits per heavy atom. The molecule has 2 aliphatic rings. The molecular weight excluding hydrogens is 315 g/mol. The topological polar surface area (TPSA) is 0 Å². The zero-order valence-corrected chi connectivity index (χ0v) is 12.6. The SMILES string of the molecule is Fc1ccc(C(Cl)CC2CC3CCC2C3)cc1Br. The second kappa shape index (κ2) is 5.13. The van der Waals surface area contributed by atoms with Gasteiger partial charge in [-0.1, -0.05) is 12.5 Å². The van der Waals surface area contributed by atoms with Crippen molar-refractivity contribution >= 4 is 27.5 Å². The van der Waals surface area contributed by atoms with Crippen LogP contribution in [0.3, 0.4) is 0 Å². The summed E-state index contributed by atoms with van der Waals surface area (Å²) in [4.78, 5) is 0. The summed E-state index contributed by atoms with van der Waals surface area (Å²) in [6.07, 6.45) is 6.64. The largest absolute Gasteiger partial charge is 0.206 e. The van der Waals surface area contributed by atoms with E-state index in [-0.39, 0.29) is 11.2 Å². The second-order valence-corrected chi connectivity index (χ2v) is 7.19. The fourth-order valence-electron chi connectivity index (χ4n) is 3.77. The smallest absolute Gasteiger partial charge is 0.137 e. The molecule has 0 radical (unpaired) electrons. The minimum absolute atomic E-state index is 0.0197. The Morgan fingerprint density at radius 2 is 2.17 bits per heavy atom. The Kier molecular flexibility index (Phi) is 3.68. The molecule has 0 aliphatic heterocycles. The van der Waals surface area contributed by atoms with Crippen molar-refractivity contribution in [1.29, 1.82) is 0 Å². The Morgan fingerprint density at radius 1 is 1.33 bits per heavy atom. The molecule has 0 N–H and O–H groups in total. The Balaban J connectivity index is 1.67. The Hall–Kier alpha value is -0.0800. The highest BCUT2D eigenvalue weighted by atomic mass is 79.9. The van der Waals surface area contributed by atoms with Crippen LogP contribution in [0.25, 0.3) is 0 Å². The zero-order valence-electron chi connectivity index (χ0n) is 10.2. The lowest BCUT2D eigenvalue weighted by Gasteiger charge is -2.24. The van der Waals surface area contributed by atoms with Gasteiger partial charge in [-0.25, -0.2) is 4.39 Å². The molecule has 2 aliphatic carbocycles. The first-order chi connectivity index (χ1) is 8.63. The number of benzene rings is 1. The highest BCUT2D eigenvalue weighted by Crippen LogP contribution is 2.51. The molecule has 2 fully saturated rings. The van der Waals surface area contributed by atoms with Gasteiger partial charge >= 0.3 is 0 Å². The van der Waals surface area contributed by atoms with E-state index in [1.807, 2.05) is 12.1 Å². The average Bonchev–Trinajstić information content (AvgIpc) is 2.94. The molecule has 18 heavy (non-hydrogen) atoms. The number of fused-ring (bicyclic) bond motifs is 2. The van der Waals surface area contributed by atoms with Gasteiger partial charge in [-0.05, 0) is 77.1 Å².